The highest BCUT2D eigenvalue weighted by Gasteiger charge is 2.34. The second kappa shape index (κ2) is 42.9. The van der Waals surface area contributed by atoms with Gasteiger partial charge in [0.15, 0.2) is 23.8 Å². The molecule has 7 amide bonds. The third kappa shape index (κ3) is 31.3. The maximum atomic E-state index is 14.8. The molecule has 0 aliphatic heterocycles. The van der Waals surface area contributed by atoms with Gasteiger partial charge in [-0.15, -0.1) is 0 Å². The number of primary amides is 1. The molecule has 3 rings (SSSR count). The van der Waals surface area contributed by atoms with Crippen molar-refractivity contribution in [3.8, 4) is 11.1 Å². The van der Waals surface area contributed by atoms with Crippen molar-refractivity contribution in [2.45, 2.75) is 177 Å². The van der Waals surface area contributed by atoms with E-state index in [1.54, 1.807) is 0 Å². The molecule has 34 N–H and O–H groups in total. The molecule has 520 valence electrons. The van der Waals surface area contributed by atoms with E-state index in [2.05, 4.69) is 57.2 Å². The summed E-state index contributed by atoms with van der Waals surface area (Å²) in [6.07, 6.45) is 3.37. The molecule has 0 saturated carbocycles. The van der Waals surface area contributed by atoms with Crippen LogP contribution in [0.3, 0.4) is 0 Å². The fraction of sp³-hybridized carbons (Fsp3) is 0.567. The van der Waals surface area contributed by atoms with Gasteiger partial charge in [0.05, 0.1) is 23.5 Å². The Hall–Kier alpha value is -10.0. The number of nitrogens with two attached hydrogens (primary N) is 12. The fourth-order valence-electron chi connectivity index (χ4n) is 10.4. The number of aliphatic imine (C=N–C) groups is 4. The van der Waals surface area contributed by atoms with Gasteiger partial charge in [0.1, 0.15) is 36.8 Å². The van der Waals surface area contributed by atoms with Gasteiger partial charge in [-0.2, -0.15) is 0 Å². The Morgan fingerprint density at radius 2 is 0.713 bits per heavy atom. The summed E-state index contributed by atoms with van der Waals surface area (Å²) >= 11 is 0. The molecule has 94 heavy (non-hydrogen) atoms. The highest BCUT2D eigenvalue weighted by Crippen LogP contribution is 2.44. The molecule has 0 saturated heterocycles. The zero-order valence-electron chi connectivity index (χ0n) is 53.6. The van der Waals surface area contributed by atoms with Gasteiger partial charge in [0.2, 0.25) is 35.4 Å². The first kappa shape index (κ1) is 78.2. The molecule has 34 nitrogen and oxygen atoms in total. The Bertz CT molecular complexity index is 2900. The third-order valence-corrected chi connectivity index (χ3v) is 15.2. The van der Waals surface area contributed by atoms with Gasteiger partial charge in [-0.3, -0.25) is 65.0 Å². The molecular formula is C60H102N26O8. The summed E-state index contributed by atoms with van der Waals surface area (Å²) in [6, 6.07) is 7.55. The lowest BCUT2D eigenvalue weighted by atomic mass is 9.98. The SMILES string of the molecule is N=C(N)CCCC[C@H](NC[C@H](CCCN=C(N)N)NC(=O)[C@H](CCCCC(=N)N)NC(=O)OCC1c2ccccc2-c2ccccc21)C(=O)N[C@@H](CCCN=C(N)N)C(=O)N[C@@H](CCCCC(=N)N)C(=O)N[C@@H](CCCN=C(N)N)C(=O)N[C@@H](CCCN=C(N)N)C(N)=O. The lowest BCUT2D eigenvalue weighted by Crippen LogP contribution is -2.59. The molecule has 0 heterocycles. The standard InChI is InChI=1S/C60H102N26O8/c61-47(62)26-8-5-20-42(80-33-35(15-11-29-76-56(68)69)81-52(89)46(22-7-10-28-49(65)66)86-60(93)94-34-40-38-18-3-1-16-36(38)37-17-2-4-19-39(37)40)51(88)83-45(25-14-32-79-59(74)75)55(92)84-43(21-6-9-27-48(63)64)54(91)85-44(24-13-31-78-58(72)73)53(90)82-41(50(67)87)23-12-30-77-57(70)71/h1-4,16-19,35,40-46,80H,5-15,20-34H2,(H3,61,62)(H3,63,64)(H3,65,66)(H2,67,87)(H,81,89)(H,82,90)(H,83,88)(H,84,92)(H,85,91)(H,86,93)(H4,68,69,76)(H4,70,71,77)(H4,72,73,78)(H4,74,75,79)/t35-,41-,42-,43-,44-,45-,46-/m0/s1. The van der Waals surface area contributed by atoms with Gasteiger partial charge < -0.3 is 111 Å². The zero-order chi connectivity index (χ0) is 69.5. The number of guanidine groups is 4. The molecule has 34 heteroatoms. The number of benzene rings is 2. The van der Waals surface area contributed by atoms with Crippen LogP contribution in [0, 0.1) is 16.2 Å². The summed E-state index contributed by atoms with van der Waals surface area (Å²) in [5, 5.41) is 43.3. The Balaban J connectivity index is 1.98. The van der Waals surface area contributed by atoms with Crippen molar-refractivity contribution in [3.05, 3.63) is 59.7 Å². The number of alkyl carbamates (subject to hydrolysis) is 1. The third-order valence-electron chi connectivity index (χ3n) is 15.2. The quantitative estimate of drug-likeness (QED) is 0.0184. The monoisotopic (exact) mass is 1310 g/mol. The number of hydrogen-bond acceptors (Lipinski definition) is 16. The predicted octanol–water partition coefficient (Wildman–Crippen LogP) is -2.54. The second-order valence-electron chi connectivity index (χ2n) is 22.9. The van der Waals surface area contributed by atoms with Crippen molar-refractivity contribution < 1.29 is 38.3 Å². The zero-order valence-corrected chi connectivity index (χ0v) is 53.6. The van der Waals surface area contributed by atoms with Crippen molar-refractivity contribution in [2.75, 3.05) is 39.3 Å². The number of ether oxygens (including phenoxy) is 1. The first-order valence-corrected chi connectivity index (χ1v) is 31.6. The summed E-state index contributed by atoms with van der Waals surface area (Å²) in [4.78, 5) is 115. The molecule has 1 aliphatic rings. The van der Waals surface area contributed by atoms with Crippen molar-refractivity contribution in [1.82, 2.24) is 37.2 Å². The van der Waals surface area contributed by atoms with Crippen LogP contribution in [0.5, 0.6) is 0 Å². The Labute approximate surface area is 548 Å². The number of carbonyl (C=O) groups excluding carboxylic acids is 7. The Kier molecular flexibility index (Phi) is 35.7. The maximum absolute atomic E-state index is 14.8. The normalized spacial score (nSPS) is 13.6. The van der Waals surface area contributed by atoms with Gasteiger partial charge in [0.25, 0.3) is 0 Å². The van der Waals surface area contributed by atoms with Crippen LogP contribution in [0.25, 0.3) is 11.1 Å². The first-order chi connectivity index (χ1) is 44.7. The summed E-state index contributed by atoms with van der Waals surface area (Å²) in [5.41, 5.74) is 71.2. The smallest absolute Gasteiger partial charge is 0.407 e. The van der Waals surface area contributed by atoms with E-state index in [0.29, 0.717) is 38.5 Å². The number of amides is 7. The van der Waals surface area contributed by atoms with Gasteiger partial charge in [-0.25, -0.2) is 4.79 Å². The van der Waals surface area contributed by atoms with Gasteiger partial charge in [0, 0.05) is 63.9 Å². The van der Waals surface area contributed by atoms with Gasteiger partial charge in [-0.05, 0) is 112 Å². The molecule has 1 aliphatic carbocycles. The van der Waals surface area contributed by atoms with Crippen LogP contribution in [-0.4, -0.2) is 165 Å². The predicted molar refractivity (Wildman–Crippen MR) is 363 cm³/mol. The van der Waals surface area contributed by atoms with E-state index in [-0.39, 0.29) is 176 Å². The van der Waals surface area contributed by atoms with Crippen LogP contribution in [0.1, 0.15) is 145 Å². The van der Waals surface area contributed by atoms with Crippen LogP contribution in [-0.2, 0) is 33.5 Å². The lowest BCUT2D eigenvalue weighted by Gasteiger charge is -2.28. The van der Waals surface area contributed by atoms with Gasteiger partial charge in [-0.1, -0.05) is 67.8 Å². The minimum atomic E-state index is -1.36. The molecule has 2 aromatic carbocycles. The Morgan fingerprint density at radius 3 is 1.10 bits per heavy atom. The van der Waals surface area contributed by atoms with E-state index < -0.39 is 83.8 Å². The van der Waals surface area contributed by atoms with E-state index in [0.717, 1.165) is 22.3 Å². The number of unbranched alkanes of at least 4 members (excludes halogenated alkanes) is 3. The number of nitrogens with one attached hydrogen (secondary N) is 10. The lowest BCUT2D eigenvalue weighted by molar-refractivity contribution is -0.135. The van der Waals surface area contributed by atoms with E-state index in [4.69, 9.17) is 89.8 Å². The number of amidine groups is 3. The minimum absolute atomic E-state index is 0.0142. The van der Waals surface area contributed by atoms with E-state index in [1.807, 2.05) is 48.5 Å². The molecule has 0 radical (unpaired) electrons. The van der Waals surface area contributed by atoms with E-state index in [9.17, 15) is 33.6 Å². The topological polar surface area (TPSA) is 646 Å². The number of rotatable bonds is 48. The minimum Gasteiger partial charge on any atom is -0.449 e. The van der Waals surface area contributed by atoms with Crippen LogP contribution in [0.15, 0.2) is 68.5 Å². The van der Waals surface area contributed by atoms with Crippen LogP contribution < -0.4 is 106 Å². The molecule has 7 atom stereocenters. The van der Waals surface area contributed by atoms with Crippen molar-refractivity contribution >= 4 is 82.9 Å². The van der Waals surface area contributed by atoms with Crippen molar-refractivity contribution in [1.29, 1.82) is 16.2 Å². The fourth-order valence-corrected chi connectivity index (χ4v) is 10.4. The second-order valence-corrected chi connectivity index (χ2v) is 22.9. The molecular weight excluding hydrogens is 1210 g/mol. The Morgan fingerprint density at radius 1 is 0.394 bits per heavy atom. The molecule has 0 unspecified atom stereocenters. The van der Waals surface area contributed by atoms with Crippen LogP contribution >= 0.6 is 0 Å². The molecule has 2 aromatic rings. The van der Waals surface area contributed by atoms with Gasteiger partial charge >= 0.3 is 6.09 Å². The summed E-state index contributed by atoms with van der Waals surface area (Å²) in [6.45, 7) is 0.331. The summed E-state index contributed by atoms with van der Waals surface area (Å²) in [7, 11) is 0. The number of nitrogens with zero attached hydrogens (tertiary/aromatic N) is 4. The highest BCUT2D eigenvalue weighted by atomic mass is 16.5. The van der Waals surface area contributed by atoms with Crippen molar-refractivity contribution in [3.63, 3.8) is 0 Å². The molecule has 0 bridgehead atoms. The average Bonchev–Trinajstić information content (AvgIpc) is 1.62. The van der Waals surface area contributed by atoms with E-state index in [1.165, 1.54) is 0 Å². The van der Waals surface area contributed by atoms with Crippen LogP contribution in [0.4, 0.5) is 4.79 Å². The van der Waals surface area contributed by atoms with E-state index >= 15 is 0 Å². The number of fused-ring (bicyclic) bond motifs is 3. The maximum Gasteiger partial charge on any atom is 0.407 e. The highest BCUT2D eigenvalue weighted by molar-refractivity contribution is 5.96. The molecule has 0 aromatic heterocycles. The van der Waals surface area contributed by atoms with Crippen molar-refractivity contribution in [2.24, 2.45) is 88.8 Å². The summed E-state index contributed by atoms with van der Waals surface area (Å²) in [5.74, 6) is -5.77. The molecule has 0 fully saturated rings. The largest absolute Gasteiger partial charge is 0.449 e. The average molecular weight is 1320 g/mol. The summed E-state index contributed by atoms with van der Waals surface area (Å²) < 4.78 is 5.85. The molecule has 0 spiro atoms. The number of hydrogen-bond donors (Lipinski definition) is 22. The number of carbonyl (C=O) groups is 7. The first-order valence-electron chi connectivity index (χ1n) is 31.6. The van der Waals surface area contributed by atoms with Crippen LogP contribution in [0.2, 0.25) is 0 Å².